The van der Waals surface area contributed by atoms with E-state index in [1.165, 1.54) is 0 Å². The Morgan fingerprint density at radius 3 is 2.71 bits per heavy atom. The highest BCUT2D eigenvalue weighted by Crippen LogP contribution is 2.23. The van der Waals surface area contributed by atoms with Crippen molar-refractivity contribution in [3.05, 3.63) is 54.2 Å². The predicted octanol–water partition coefficient (Wildman–Crippen LogP) is 3.09. The van der Waals surface area contributed by atoms with Gasteiger partial charge < -0.3 is 5.11 Å². The molecule has 3 nitrogen and oxygen atoms in total. The maximum atomic E-state index is 10.9. The second-order valence-electron chi connectivity index (χ2n) is 3.88. The van der Waals surface area contributed by atoms with Crippen molar-refractivity contribution in [3.8, 4) is 0 Å². The van der Waals surface area contributed by atoms with E-state index < -0.39 is 5.97 Å². The minimum atomic E-state index is -0.929. The van der Waals surface area contributed by atoms with Crippen LogP contribution in [0.25, 0.3) is 21.7 Å². The smallest absolute Gasteiger partial charge is 0.335 e. The molecule has 0 unspecified atom stereocenters. The molecule has 0 bridgehead atoms. The summed E-state index contributed by atoms with van der Waals surface area (Å²) < 4.78 is 0. The lowest BCUT2D eigenvalue weighted by Gasteiger charge is -2.03. The highest BCUT2D eigenvalue weighted by atomic mass is 16.4. The largest absolute Gasteiger partial charge is 0.478 e. The zero-order valence-corrected chi connectivity index (χ0v) is 8.92. The summed E-state index contributed by atoms with van der Waals surface area (Å²) >= 11 is 0. The predicted molar refractivity (Wildman–Crippen MR) is 66.2 cm³/mol. The molecular formula is C14H9NO2. The van der Waals surface area contributed by atoms with Gasteiger partial charge in [-0.25, -0.2) is 4.79 Å². The summed E-state index contributed by atoms with van der Waals surface area (Å²) in [7, 11) is 0. The van der Waals surface area contributed by atoms with Crippen LogP contribution in [0.5, 0.6) is 0 Å². The van der Waals surface area contributed by atoms with Crippen LogP contribution >= 0.6 is 0 Å². The standard InChI is InChI=1S/C14H9NO2/c16-14(17)9-5-6-12-11-4-2-1-3-10(11)8-15-13(12)7-9/h1-8H,(H,16,17). The molecule has 1 heterocycles. The van der Waals surface area contributed by atoms with Gasteiger partial charge in [-0.2, -0.15) is 0 Å². The summed E-state index contributed by atoms with van der Waals surface area (Å²) in [6, 6.07) is 13.0. The first-order valence-electron chi connectivity index (χ1n) is 5.26. The number of nitrogens with zero attached hydrogens (tertiary/aromatic N) is 1. The molecule has 3 heteroatoms. The SMILES string of the molecule is O=C(O)c1ccc2c(c1)ncc1ccccc12. The molecule has 0 aliphatic rings. The average Bonchev–Trinajstić information content (AvgIpc) is 2.38. The van der Waals surface area contributed by atoms with E-state index in [4.69, 9.17) is 5.11 Å². The van der Waals surface area contributed by atoms with Crippen molar-refractivity contribution < 1.29 is 9.90 Å². The molecule has 82 valence electrons. The minimum absolute atomic E-state index is 0.264. The first kappa shape index (κ1) is 9.78. The van der Waals surface area contributed by atoms with Gasteiger partial charge in [0.1, 0.15) is 0 Å². The molecule has 3 rings (SSSR count). The summed E-state index contributed by atoms with van der Waals surface area (Å²) in [6.45, 7) is 0. The molecule has 0 aliphatic heterocycles. The van der Waals surface area contributed by atoms with Gasteiger partial charge >= 0.3 is 5.97 Å². The maximum Gasteiger partial charge on any atom is 0.335 e. The molecule has 17 heavy (non-hydrogen) atoms. The number of benzene rings is 2. The average molecular weight is 223 g/mol. The van der Waals surface area contributed by atoms with Gasteiger partial charge in [-0.15, -0.1) is 0 Å². The second kappa shape index (κ2) is 3.56. The summed E-state index contributed by atoms with van der Waals surface area (Å²) in [5.74, 6) is -0.929. The van der Waals surface area contributed by atoms with Crippen LogP contribution in [-0.2, 0) is 0 Å². The number of rotatable bonds is 1. The molecule has 0 fully saturated rings. The van der Waals surface area contributed by atoms with E-state index in [1.807, 2.05) is 30.3 Å². The molecule has 0 saturated carbocycles. The van der Waals surface area contributed by atoms with Crippen molar-refractivity contribution in [2.24, 2.45) is 0 Å². The van der Waals surface area contributed by atoms with Crippen LogP contribution < -0.4 is 0 Å². The van der Waals surface area contributed by atoms with E-state index in [0.717, 1.165) is 16.2 Å². The Balaban J connectivity index is 2.41. The lowest BCUT2D eigenvalue weighted by Crippen LogP contribution is -1.96. The molecule has 2 aromatic carbocycles. The number of fused-ring (bicyclic) bond motifs is 3. The lowest BCUT2D eigenvalue weighted by molar-refractivity contribution is 0.0697. The highest BCUT2D eigenvalue weighted by Gasteiger charge is 2.06. The van der Waals surface area contributed by atoms with E-state index >= 15 is 0 Å². The lowest BCUT2D eigenvalue weighted by atomic mass is 10.1. The third kappa shape index (κ3) is 1.52. The molecule has 0 aliphatic carbocycles. The number of pyridine rings is 1. The fourth-order valence-electron chi connectivity index (χ4n) is 1.99. The van der Waals surface area contributed by atoms with Crippen LogP contribution in [0.4, 0.5) is 0 Å². The van der Waals surface area contributed by atoms with Gasteiger partial charge in [-0.3, -0.25) is 4.98 Å². The Morgan fingerprint density at radius 1 is 1.06 bits per heavy atom. The van der Waals surface area contributed by atoms with E-state index in [2.05, 4.69) is 4.98 Å². The molecule has 0 amide bonds. The number of aromatic carboxylic acids is 1. The van der Waals surface area contributed by atoms with Gasteiger partial charge in [-0.05, 0) is 17.5 Å². The highest BCUT2D eigenvalue weighted by molar-refractivity contribution is 6.06. The molecule has 1 aromatic heterocycles. The first-order chi connectivity index (χ1) is 8.25. The van der Waals surface area contributed by atoms with Crippen molar-refractivity contribution in [1.82, 2.24) is 4.98 Å². The van der Waals surface area contributed by atoms with Crippen LogP contribution in [0.1, 0.15) is 10.4 Å². The van der Waals surface area contributed by atoms with Gasteiger partial charge in [-0.1, -0.05) is 30.3 Å². The molecule has 1 N–H and O–H groups in total. The minimum Gasteiger partial charge on any atom is -0.478 e. The number of carbonyl (C=O) groups is 1. The van der Waals surface area contributed by atoms with Crippen LogP contribution in [-0.4, -0.2) is 16.1 Å². The van der Waals surface area contributed by atoms with E-state index in [9.17, 15) is 4.79 Å². The van der Waals surface area contributed by atoms with Gasteiger partial charge in [0, 0.05) is 17.0 Å². The Bertz CT molecular complexity index is 734. The van der Waals surface area contributed by atoms with E-state index in [1.54, 1.807) is 18.3 Å². The summed E-state index contributed by atoms with van der Waals surface area (Å²) in [5, 5.41) is 12.1. The zero-order valence-electron chi connectivity index (χ0n) is 8.92. The quantitative estimate of drug-likeness (QED) is 0.645. The second-order valence-corrected chi connectivity index (χ2v) is 3.88. The molecule has 0 saturated heterocycles. The van der Waals surface area contributed by atoms with Gasteiger partial charge in [0.2, 0.25) is 0 Å². The van der Waals surface area contributed by atoms with Crippen LogP contribution in [0.15, 0.2) is 48.7 Å². The zero-order chi connectivity index (χ0) is 11.8. The van der Waals surface area contributed by atoms with Crippen molar-refractivity contribution in [2.75, 3.05) is 0 Å². The van der Waals surface area contributed by atoms with Crippen molar-refractivity contribution in [2.45, 2.75) is 0 Å². The third-order valence-corrected chi connectivity index (χ3v) is 2.84. The molecular weight excluding hydrogens is 214 g/mol. The van der Waals surface area contributed by atoms with Gasteiger partial charge in [0.05, 0.1) is 11.1 Å². The Hall–Kier alpha value is -2.42. The fourth-order valence-corrected chi connectivity index (χ4v) is 1.99. The first-order valence-corrected chi connectivity index (χ1v) is 5.26. The van der Waals surface area contributed by atoms with Crippen LogP contribution in [0.3, 0.4) is 0 Å². The molecule has 0 spiro atoms. The maximum absolute atomic E-state index is 10.9. The van der Waals surface area contributed by atoms with Gasteiger partial charge in [0.15, 0.2) is 0 Å². The fraction of sp³-hybridized carbons (Fsp3) is 0. The monoisotopic (exact) mass is 223 g/mol. The van der Waals surface area contributed by atoms with E-state index in [0.29, 0.717) is 5.52 Å². The molecule has 3 aromatic rings. The normalized spacial score (nSPS) is 10.8. The van der Waals surface area contributed by atoms with Crippen molar-refractivity contribution in [3.63, 3.8) is 0 Å². The Kier molecular flexibility index (Phi) is 2.05. The third-order valence-electron chi connectivity index (χ3n) is 2.84. The summed E-state index contributed by atoms with van der Waals surface area (Å²) in [5.41, 5.74) is 0.976. The topological polar surface area (TPSA) is 50.2 Å². The van der Waals surface area contributed by atoms with Gasteiger partial charge in [0.25, 0.3) is 0 Å². The Morgan fingerprint density at radius 2 is 1.88 bits per heavy atom. The van der Waals surface area contributed by atoms with Crippen molar-refractivity contribution >= 4 is 27.6 Å². The Labute approximate surface area is 97.3 Å². The number of aromatic nitrogens is 1. The number of hydrogen-bond acceptors (Lipinski definition) is 2. The summed E-state index contributed by atoms with van der Waals surface area (Å²) in [4.78, 5) is 15.2. The van der Waals surface area contributed by atoms with Crippen LogP contribution in [0.2, 0.25) is 0 Å². The van der Waals surface area contributed by atoms with E-state index in [-0.39, 0.29) is 5.56 Å². The molecule has 0 atom stereocenters. The number of carboxylic acids is 1. The van der Waals surface area contributed by atoms with Crippen molar-refractivity contribution in [1.29, 1.82) is 0 Å². The van der Waals surface area contributed by atoms with Crippen LogP contribution in [0, 0.1) is 0 Å². The molecule has 0 radical (unpaired) electrons. The number of hydrogen-bond donors (Lipinski definition) is 1. The summed E-state index contributed by atoms with van der Waals surface area (Å²) in [6.07, 6.45) is 1.77. The number of carboxylic acid groups (broad SMARTS) is 1.